The minimum absolute atomic E-state index is 0.228. The number of amides is 1. The number of halogens is 2. The van der Waals surface area contributed by atoms with Gasteiger partial charge in [-0.1, -0.05) is 46.9 Å². The van der Waals surface area contributed by atoms with Crippen LogP contribution in [0.4, 0.5) is 0 Å². The third-order valence-corrected chi connectivity index (χ3v) is 6.48. The fraction of sp³-hybridized carbons (Fsp3) is 0.300. The molecule has 0 atom stereocenters. The molecular formula is C20H22BrClN4O3S. The fourth-order valence-corrected chi connectivity index (χ4v) is 4.58. The van der Waals surface area contributed by atoms with E-state index in [4.69, 9.17) is 11.6 Å². The average Bonchev–Trinajstić information content (AvgIpc) is 2.98. The monoisotopic (exact) mass is 512 g/mol. The molecular weight excluding hydrogens is 492 g/mol. The van der Waals surface area contributed by atoms with Crippen molar-refractivity contribution in [2.45, 2.75) is 33.2 Å². The summed E-state index contributed by atoms with van der Waals surface area (Å²) in [7, 11) is -3.91. The number of hydrogen-bond donors (Lipinski definition) is 2. The van der Waals surface area contributed by atoms with Crippen LogP contribution in [0.5, 0.6) is 0 Å². The number of aromatic nitrogens is 2. The van der Waals surface area contributed by atoms with Crippen LogP contribution in [0.2, 0.25) is 5.02 Å². The molecule has 160 valence electrons. The highest BCUT2D eigenvalue weighted by atomic mass is 79.9. The van der Waals surface area contributed by atoms with Crippen molar-refractivity contribution in [2.75, 3.05) is 6.54 Å². The third-order valence-electron chi connectivity index (χ3n) is 4.59. The van der Waals surface area contributed by atoms with E-state index in [1.807, 2.05) is 36.6 Å². The van der Waals surface area contributed by atoms with Crippen molar-refractivity contribution >= 4 is 54.7 Å². The first kappa shape index (κ1) is 22.7. The molecule has 1 aromatic heterocycles. The Morgan fingerprint density at radius 2 is 2.00 bits per heavy atom. The zero-order valence-corrected chi connectivity index (χ0v) is 19.7. The molecule has 0 fully saturated rings. The molecule has 0 saturated heterocycles. The second kappa shape index (κ2) is 9.47. The van der Waals surface area contributed by atoms with E-state index in [0.717, 1.165) is 27.8 Å². The molecule has 3 aromatic rings. The molecule has 0 aliphatic heterocycles. The van der Waals surface area contributed by atoms with Gasteiger partial charge in [-0.15, -0.1) is 0 Å². The summed E-state index contributed by atoms with van der Waals surface area (Å²) in [5.41, 5.74) is 2.56. The lowest BCUT2D eigenvalue weighted by atomic mass is 10.2. The minimum Gasteiger partial charge on any atom is -0.324 e. The highest BCUT2D eigenvalue weighted by Gasteiger charge is 2.17. The highest BCUT2D eigenvalue weighted by Crippen LogP contribution is 2.25. The zero-order chi connectivity index (χ0) is 21.9. The van der Waals surface area contributed by atoms with Gasteiger partial charge in [0, 0.05) is 21.6 Å². The molecule has 30 heavy (non-hydrogen) atoms. The summed E-state index contributed by atoms with van der Waals surface area (Å²) in [6, 6.07) is 10.5. The minimum atomic E-state index is -3.91. The van der Waals surface area contributed by atoms with Gasteiger partial charge in [0.15, 0.2) is 0 Å². The largest absolute Gasteiger partial charge is 0.324 e. The van der Waals surface area contributed by atoms with Gasteiger partial charge in [-0.25, -0.2) is 9.71 Å². The van der Waals surface area contributed by atoms with Crippen LogP contribution in [0.15, 0.2) is 40.9 Å². The summed E-state index contributed by atoms with van der Waals surface area (Å²) < 4.78 is 31.3. The Kier molecular flexibility index (Phi) is 7.18. The van der Waals surface area contributed by atoms with E-state index >= 15 is 0 Å². The summed E-state index contributed by atoms with van der Waals surface area (Å²) >= 11 is 9.75. The molecule has 0 unspecified atom stereocenters. The van der Waals surface area contributed by atoms with Crippen molar-refractivity contribution < 1.29 is 13.2 Å². The number of rotatable bonds is 8. The van der Waals surface area contributed by atoms with Gasteiger partial charge in [-0.2, -0.15) is 13.1 Å². The van der Waals surface area contributed by atoms with Crippen LogP contribution >= 0.6 is 27.5 Å². The Bertz CT molecular complexity index is 1190. The van der Waals surface area contributed by atoms with Gasteiger partial charge in [0.25, 0.3) is 5.91 Å². The van der Waals surface area contributed by atoms with E-state index < -0.39 is 16.1 Å². The number of fused-ring (bicyclic) bond motifs is 1. The molecule has 7 nitrogen and oxygen atoms in total. The molecule has 1 heterocycles. The second-order valence-electron chi connectivity index (χ2n) is 6.87. The number of imidazole rings is 1. The molecule has 0 saturated carbocycles. The molecule has 0 aliphatic rings. The van der Waals surface area contributed by atoms with Crippen molar-refractivity contribution in [3.05, 3.63) is 62.8 Å². The van der Waals surface area contributed by atoms with E-state index in [1.54, 1.807) is 18.2 Å². The first-order valence-electron chi connectivity index (χ1n) is 9.42. The number of benzene rings is 2. The van der Waals surface area contributed by atoms with Crippen molar-refractivity contribution in [3.63, 3.8) is 0 Å². The van der Waals surface area contributed by atoms with Crippen molar-refractivity contribution in [1.29, 1.82) is 0 Å². The number of aryl methyl sites for hydroxylation is 1. The van der Waals surface area contributed by atoms with Gasteiger partial charge >= 0.3 is 10.2 Å². The topological polar surface area (TPSA) is 93.1 Å². The zero-order valence-electron chi connectivity index (χ0n) is 16.6. The van der Waals surface area contributed by atoms with Crippen LogP contribution in [0.1, 0.15) is 41.5 Å². The first-order chi connectivity index (χ1) is 14.2. The van der Waals surface area contributed by atoms with Gasteiger partial charge in [0.05, 0.1) is 17.6 Å². The third kappa shape index (κ3) is 5.40. The highest BCUT2D eigenvalue weighted by molar-refractivity contribution is 9.10. The Morgan fingerprint density at radius 1 is 1.23 bits per heavy atom. The van der Waals surface area contributed by atoms with Crippen molar-refractivity contribution in [3.8, 4) is 0 Å². The Labute approximate surface area is 189 Å². The lowest BCUT2D eigenvalue weighted by Gasteiger charge is -2.11. The van der Waals surface area contributed by atoms with E-state index in [2.05, 4.69) is 30.4 Å². The van der Waals surface area contributed by atoms with Crippen LogP contribution in [-0.2, 0) is 16.8 Å². The summed E-state index contributed by atoms with van der Waals surface area (Å²) in [5, 5.41) is 0.615. The summed E-state index contributed by atoms with van der Waals surface area (Å²) in [6.45, 7) is 4.57. The van der Waals surface area contributed by atoms with Crippen LogP contribution in [0.25, 0.3) is 11.0 Å². The molecule has 10 heteroatoms. The number of hydrogen-bond acceptors (Lipinski definition) is 4. The second-order valence-corrected chi connectivity index (χ2v) is 9.69. The van der Waals surface area contributed by atoms with Crippen LogP contribution in [-0.4, -0.2) is 30.4 Å². The lowest BCUT2D eigenvalue weighted by Crippen LogP contribution is -2.40. The predicted octanol–water partition coefficient (Wildman–Crippen LogP) is 4.17. The SMILES string of the molecule is CCCCNS(=O)(=O)NC(=O)c1ccc2nc(C)n(Cc3ccc(Br)cc3Cl)c2c1. The Hall–Kier alpha value is -1.94. The number of unbranched alkanes of at least 4 members (excludes halogenated alkanes) is 1. The molecule has 2 N–H and O–H groups in total. The van der Waals surface area contributed by atoms with Gasteiger partial charge in [-0.05, 0) is 49.2 Å². The van der Waals surface area contributed by atoms with Crippen LogP contribution in [0.3, 0.4) is 0 Å². The number of carbonyl (C=O) groups is 1. The van der Waals surface area contributed by atoms with Gasteiger partial charge in [-0.3, -0.25) is 4.79 Å². The van der Waals surface area contributed by atoms with E-state index in [0.29, 0.717) is 23.5 Å². The fourth-order valence-electron chi connectivity index (χ4n) is 3.00. The molecule has 0 aliphatic carbocycles. The van der Waals surface area contributed by atoms with E-state index in [1.165, 1.54) is 0 Å². The number of nitrogens with one attached hydrogen (secondary N) is 2. The van der Waals surface area contributed by atoms with Crippen LogP contribution in [0, 0.1) is 6.92 Å². The quantitative estimate of drug-likeness (QED) is 0.442. The maximum Gasteiger partial charge on any atom is 0.301 e. The van der Waals surface area contributed by atoms with Gasteiger partial charge in [0.2, 0.25) is 0 Å². The van der Waals surface area contributed by atoms with Crippen LogP contribution < -0.4 is 9.44 Å². The van der Waals surface area contributed by atoms with Gasteiger partial charge < -0.3 is 4.57 Å². The lowest BCUT2D eigenvalue weighted by molar-refractivity contribution is 0.0981. The number of nitrogens with zero attached hydrogens (tertiary/aromatic N) is 2. The normalized spacial score (nSPS) is 11.7. The molecule has 0 radical (unpaired) electrons. The Morgan fingerprint density at radius 3 is 2.70 bits per heavy atom. The van der Waals surface area contributed by atoms with E-state index in [9.17, 15) is 13.2 Å². The molecule has 2 aromatic carbocycles. The maximum atomic E-state index is 12.5. The number of carbonyl (C=O) groups excluding carboxylic acids is 1. The first-order valence-corrected chi connectivity index (χ1v) is 12.1. The van der Waals surface area contributed by atoms with Gasteiger partial charge in [0.1, 0.15) is 5.82 Å². The smallest absolute Gasteiger partial charge is 0.301 e. The summed E-state index contributed by atoms with van der Waals surface area (Å²) in [4.78, 5) is 17.0. The molecule has 0 spiro atoms. The maximum absolute atomic E-state index is 12.5. The summed E-state index contributed by atoms with van der Waals surface area (Å²) in [5.74, 6) is 0.0587. The molecule has 3 rings (SSSR count). The standard InChI is InChI=1S/C20H22BrClN4O3S/c1-3-4-9-23-30(28,29)25-20(27)14-6-8-18-19(10-14)26(13(2)24-18)12-15-5-7-16(21)11-17(15)22/h5-8,10-11,23H,3-4,9,12H2,1-2H3,(H,25,27). The van der Waals surface area contributed by atoms with Crippen molar-refractivity contribution in [2.24, 2.45) is 0 Å². The van der Waals surface area contributed by atoms with Crippen molar-refractivity contribution in [1.82, 2.24) is 19.0 Å². The predicted molar refractivity (Wildman–Crippen MR) is 122 cm³/mol. The summed E-state index contributed by atoms with van der Waals surface area (Å²) in [6.07, 6.45) is 1.54. The average molecular weight is 514 g/mol. The molecule has 0 bridgehead atoms. The Balaban J connectivity index is 1.88. The molecule has 1 amide bonds. The van der Waals surface area contributed by atoms with E-state index in [-0.39, 0.29) is 12.1 Å².